The van der Waals surface area contributed by atoms with Crippen molar-refractivity contribution in [1.82, 2.24) is 0 Å². The maximum Gasteiger partial charge on any atom is 0.416 e. The molecule has 0 saturated carbocycles. The van der Waals surface area contributed by atoms with E-state index in [4.69, 9.17) is 4.74 Å². The third-order valence-corrected chi connectivity index (χ3v) is 4.00. The van der Waals surface area contributed by atoms with Crippen molar-refractivity contribution in [3.8, 4) is 5.75 Å². The smallest absolute Gasteiger partial charge is 0.416 e. The number of halogens is 3. The van der Waals surface area contributed by atoms with Gasteiger partial charge in [-0.25, -0.2) is 0 Å². The molecule has 2 unspecified atom stereocenters. The molecule has 1 aliphatic rings. The highest BCUT2D eigenvalue weighted by molar-refractivity contribution is 6.04. The van der Waals surface area contributed by atoms with Crippen molar-refractivity contribution in [2.45, 2.75) is 18.3 Å². The minimum atomic E-state index is -4.44. The second-order valence-corrected chi connectivity index (χ2v) is 5.42. The van der Waals surface area contributed by atoms with Crippen LogP contribution in [-0.2, 0) is 11.0 Å². The van der Waals surface area contributed by atoms with E-state index in [1.165, 1.54) is 24.1 Å². The minimum Gasteiger partial charge on any atom is -0.497 e. The molecule has 1 N–H and O–H groups in total. The summed E-state index contributed by atoms with van der Waals surface area (Å²) in [5, 5.41) is 9.97. The Hall–Kier alpha value is -2.54. The lowest BCUT2D eigenvalue weighted by atomic mass is 9.90. The summed E-state index contributed by atoms with van der Waals surface area (Å²) in [4.78, 5) is 13.3. The number of alkyl halides is 3. The van der Waals surface area contributed by atoms with Crippen LogP contribution in [0.4, 0.5) is 18.9 Å². The van der Waals surface area contributed by atoms with Crippen molar-refractivity contribution in [2.75, 3.05) is 12.0 Å². The number of amides is 1. The Morgan fingerprint density at radius 3 is 2.12 bits per heavy atom. The second kappa shape index (κ2) is 5.83. The van der Waals surface area contributed by atoms with Gasteiger partial charge in [0, 0.05) is 5.69 Å². The van der Waals surface area contributed by atoms with Crippen LogP contribution in [0.15, 0.2) is 48.5 Å². The first-order valence-electron chi connectivity index (χ1n) is 7.15. The molecular formula is C17H14F3NO3. The van der Waals surface area contributed by atoms with Gasteiger partial charge in [-0.3, -0.25) is 9.69 Å². The summed E-state index contributed by atoms with van der Waals surface area (Å²) in [6.45, 7) is 0. The van der Waals surface area contributed by atoms with E-state index >= 15 is 0 Å². The topological polar surface area (TPSA) is 49.8 Å². The summed E-state index contributed by atoms with van der Waals surface area (Å²) in [6, 6.07) is 10.4. The Kier molecular flexibility index (Phi) is 3.96. The van der Waals surface area contributed by atoms with Crippen molar-refractivity contribution >= 4 is 11.6 Å². The van der Waals surface area contributed by atoms with Gasteiger partial charge in [0.1, 0.15) is 5.75 Å². The number of hydrogen-bond donors (Lipinski definition) is 1. The zero-order valence-corrected chi connectivity index (χ0v) is 12.6. The standard InChI is InChI=1S/C17H14F3NO3/c1-24-13-8-2-10(3-9-13)14-15(22)16(23)21(14)12-6-4-11(5-7-12)17(18,19)20/h2-9,14-15,22H,1H3. The molecule has 4 nitrogen and oxygen atoms in total. The summed E-state index contributed by atoms with van der Waals surface area (Å²) in [5.41, 5.74) is 0.183. The third-order valence-electron chi connectivity index (χ3n) is 4.00. The predicted octanol–water partition coefficient (Wildman–Crippen LogP) is 3.16. The monoisotopic (exact) mass is 337 g/mol. The predicted molar refractivity (Wildman–Crippen MR) is 80.7 cm³/mol. The maximum atomic E-state index is 12.6. The Bertz CT molecular complexity index is 741. The molecule has 0 bridgehead atoms. The molecule has 2 aromatic rings. The van der Waals surface area contributed by atoms with Crippen LogP contribution in [0.3, 0.4) is 0 Å². The van der Waals surface area contributed by atoms with Gasteiger partial charge >= 0.3 is 6.18 Å². The first-order chi connectivity index (χ1) is 11.3. The fourth-order valence-corrected chi connectivity index (χ4v) is 2.71. The van der Waals surface area contributed by atoms with E-state index in [1.54, 1.807) is 24.3 Å². The van der Waals surface area contributed by atoms with Crippen molar-refractivity contribution < 1.29 is 27.8 Å². The van der Waals surface area contributed by atoms with E-state index in [0.29, 0.717) is 17.0 Å². The molecule has 1 heterocycles. The summed E-state index contributed by atoms with van der Waals surface area (Å²) >= 11 is 0. The molecule has 0 aliphatic carbocycles. The number of hydrogen-bond acceptors (Lipinski definition) is 3. The molecule has 3 rings (SSSR count). The third kappa shape index (κ3) is 2.71. The van der Waals surface area contributed by atoms with Crippen molar-refractivity contribution in [1.29, 1.82) is 0 Å². The van der Waals surface area contributed by atoms with Crippen molar-refractivity contribution in [3.05, 3.63) is 59.7 Å². The van der Waals surface area contributed by atoms with Crippen LogP contribution in [0.1, 0.15) is 17.2 Å². The molecule has 24 heavy (non-hydrogen) atoms. The number of carbonyl (C=O) groups is 1. The van der Waals surface area contributed by atoms with Crippen LogP contribution in [-0.4, -0.2) is 24.2 Å². The van der Waals surface area contributed by atoms with Crippen LogP contribution in [0.2, 0.25) is 0 Å². The summed E-state index contributed by atoms with van der Waals surface area (Å²) in [5.74, 6) is 0.0792. The summed E-state index contributed by atoms with van der Waals surface area (Å²) < 4.78 is 43.0. The van der Waals surface area contributed by atoms with Gasteiger partial charge in [0.15, 0.2) is 6.10 Å². The van der Waals surface area contributed by atoms with E-state index in [0.717, 1.165) is 12.1 Å². The lowest BCUT2D eigenvalue weighted by molar-refractivity contribution is -0.137. The molecule has 126 valence electrons. The van der Waals surface area contributed by atoms with E-state index in [-0.39, 0.29) is 0 Å². The number of ether oxygens (including phenoxy) is 1. The van der Waals surface area contributed by atoms with Gasteiger partial charge in [0.2, 0.25) is 0 Å². The number of aliphatic hydroxyl groups is 1. The van der Waals surface area contributed by atoms with Gasteiger partial charge in [0.05, 0.1) is 18.7 Å². The lowest BCUT2D eigenvalue weighted by Crippen LogP contribution is -2.59. The first kappa shape index (κ1) is 16.3. The molecule has 0 spiro atoms. The van der Waals surface area contributed by atoms with E-state index in [1.807, 2.05) is 0 Å². The summed E-state index contributed by atoms with van der Waals surface area (Å²) in [7, 11) is 1.52. The number of benzene rings is 2. The second-order valence-electron chi connectivity index (χ2n) is 5.42. The zero-order chi connectivity index (χ0) is 17.5. The highest BCUT2D eigenvalue weighted by atomic mass is 19.4. The Morgan fingerprint density at radius 2 is 1.62 bits per heavy atom. The number of β-lactam (4-membered cyclic amide) rings is 1. The summed E-state index contributed by atoms with van der Waals surface area (Å²) in [6.07, 6.45) is -5.66. The Morgan fingerprint density at radius 1 is 1.04 bits per heavy atom. The largest absolute Gasteiger partial charge is 0.497 e. The number of rotatable bonds is 3. The fraction of sp³-hybridized carbons (Fsp3) is 0.235. The van der Waals surface area contributed by atoms with Gasteiger partial charge < -0.3 is 9.84 Å². The van der Waals surface area contributed by atoms with Gasteiger partial charge in [-0.2, -0.15) is 13.2 Å². The molecule has 2 atom stereocenters. The van der Waals surface area contributed by atoms with E-state index in [9.17, 15) is 23.1 Å². The lowest BCUT2D eigenvalue weighted by Gasteiger charge is -2.44. The maximum absolute atomic E-state index is 12.6. The molecule has 1 aliphatic heterocycles. The first-order valence-corrected chi connectivity index (χ1v) is 7.15. The fourth-order valence-electron chi connectivity index (χ4n) is 2.71. The van der Waals surface area contributed by atoms with Gasteiger partial charge in [-0.1, -0.05) is 12.1 Å². The number of carbonyl (C=O) groups excluding carboxylic acids is 1. The number of anilines is 1. The molecular weight excluding hydrogens is 323 g/mol. The number of nitrogens with zero attached hydrogens (tertiary/aromatic N) is 1. The minimum absolute atomic E-state index is 0.305. The van der Waals surface area contributed by atoms with Gasteiger partial charge in [-0.05, 0) is 42.0 Å². The highest BCUT2D eigenvalue weighted by Gasteiger charge is 2.48. The molecule has 1 saturated heterocycles. The molecule has 0 radical (unpaired) electrons. The van der Waals surface area contributed by atoms with Crippen LogP contribution in [0.25, 0.3) is 0 Å². The van der Waals surface area contributed by atoms with Gasteiger partial charge in [0.25, 0.3) is 5.91 Å². The van der Waals surface area contributed by atoms with Crippen LogP contribution < -0.4 is 9.64 Å². The quantitative estimate of drug-likeness (QED) is 0.876. The molecule has 1 amide bonds. The highest BCUT2D eigenvalue weighted by Crippen LogP contribution is 2.40. The Balaban J connectivity index is 1.89. The van der Waals surface area contributed by atoms with Crippen LogP contribution in [0.5, 0.6) is 5.75 Å². The molecule has 1 fully saturated rings. The normalized spacial score (nSPS) is 20.7. The van der Waals surface area contributed by atoms with E-state index in [2.05, 4.69) is 0 Å². The number of aliphatic hydroxyl groups excluding tert-OH is 1. The van der Waals surface area contributed by atoms with Crippen LogP contribution in [0, 0.1) is 0 Å². The Labute approximate surface area is 136 Å². The molecule has 7 heteroatoms. The molecule has 2 aromatic carbocycles. The van der Waals surface area contributed by atoms with Crippen molar-refractivity contribution in [3.63, 3.8) is 0 Å². The zero-order valence-electron chi connectivity index (χ0n) is 12.6. The van der Waals surface area contributed by atoms with Crippen LogP contribution >= 0.6 is 0 Å². The average Bonchev–Trinajstić information content (AvgIpc) is 2.58. The molecule has 0 aromatic heterocycles. The average molecular weight is 337 g/mol. The SMILES string of the molecule is COc1ccc(C2C(O)C(=O)N2c2ccc(C(F)(F)F)cc2)cc1. The van der Waals surface area contributed by atoms with Gasteiger partial charge in [-0.15, -0.1) is 0 Å². The van der Waals surface area contributed by atoms with E-state index < -0.39 is 29.8 Å². The van der Waals surface area contributed by atoms with Crippen molar-refractivity contribution in [2.24, 2.45) is 0 Å². The number of methoxy groups -OCH3 is 1.